The lowest BCUT2D eigenvalue weighted by Crippen LogP contribution is -2.14. The molecular formula is C16H17FN2S. The van der Waals surface area contributed by atoms with Gasteiger partial charge in [-0.15, -0.1) is 0 Å². The number of anilines is 2. The molecule has 0 unspecified atom stereocenters. The molecule has 3 N–H and O–H groups in total. The van der Waals surface area contributed by atoms with Gasteiger partial charge in [-0.1, -0.05) is 43.4 Å². The molecule has 0 spiro atoms. The van der Waals surface area contributed by atoms with Crippen LogP contribution in [-0.2, 0) is 6.42 Å². The lowest BCUT2D eigenvalue weighted by atomic mass is 10.0. The smallest absolute Gasteiger partial charge is 0.135 e. The first kappa shape index (κ1) is 14.5. The van der Waals surface area contributed by atoms with Crippen molar-refractivity contribution >= 4 is 28.6 Å². The summed E-state index contributed by atoms with van der Waals surface area (Å²) in [6.07, 6.45) is 0.891. The number of aryl methyl sites for hydroxylation is 2. The van der Waals surface area contributed by atoms with Gasteiger partial charge in [0.15, 0.2) is 0 Å². The van der Waals surface area contributed by atoms with E-state index in [1.807, 2.05) is 19.1 Å². The van der Waals surface area contributed by atoms with Crippen molar-refractivity contribution in [1.82, 2.24) is 0 Å². The average Bonchev–Trinajstić information content (AvgIpc) is 2.40. The zero-order chi connectivity index (χ0) is 14.7. The summed E-state index contributed by atoms with van der Waals surface area (Å²) in [5, 5.41) is 3.28. The van der Waals surface area contributed by atoms with Gasteiger partial charge in [-0.3, -0.25) is 0 Å². The molecule has 0 saturated carbocycles. The first-order chi connectivity index (χ1) is 9.54. The van der Waals surface area contributed by atoms with E-state index in [2.05, 4.69) is 18.3 Å². The molecule has 4 heteroatoms. The molecular weight excluding hydrogens is 271 g/mol. The van der Waals surface area contributed by atoms with Crippen molar-refractivity contribution in [2.75, 3.05) is 5.32 Å². The highest BCUT2D eigenvalue weighted by Crippen LogP contribution is 2.28. The van der Waals surface area contributed by atoms with Crippen LogP contribution in [0.15, 0.2) is 36.4 Å². The molecule has 0 amide bonds. The minimum absolute atomic E-state index is 0.0530. The summed E-state index contributed by atoms with van der Waals surface area (Å²) in [6.45, 7) is 4.10. The Morgan fingerprint density at radius 1 is 1.25 bits per heavy atom. The number of halogens is 1. The minimum Gasteiger partial charge on any atom is -0.389 e. The molecule has 0 atom stereocenters. The molecule has 0 aliphatic carbocycles. The topological polar surface area (TPSA) is 38.0 Å². The monoisotopic (exact) mass is 288 g/mol. The number of para-hydroxylation sites is 1. The fraction of sp³-hybridized carbons (Fsp3) is 0.188. The number of thiocarbonyl (C=S) groups is 1. The van der Waals surface area contributed by atoms with Gasteiger partial charge in [-0.2, -0.15) is 0 Å². The maximum atomic E-state index is 13.9. The van der Waals surface area contributed by atoms with E-state index in [-0.39, 0.29) is 10.6 Å². The molecule has 0 aliphatic heterocycles. The molecule has 2 aromatic rings. The highest BCUT2D eigenvalue weighted by Gasteiger charge is 2.13. The number of nitrogens with two attached hydrogens (primary N) is 1. The van der Waals surface area contributed by atoms with Crippen molar-refractivity contribution in [3.8, 4) is 0 Å². The Labute approximate surface area is 123 Å². The SMILES string of the molecule is CCc1cccc(C)c1Nc1cccc(F)c1C(N)=S. The molecule has 0 radical (unpaired) electrons. The van der Waals surface area contributed by atoms with E-state index in [1.54, 1.807) is 12.1 Å². The largest absolute Gasteiger partial charge is 0.389 e. The summed E-state index contributed by atoms with van der Waals surface area (Å²) in [5.74, 6) is -0.408. The third kappa shape index (κ3) is 2.80. The quantitative estimate of drug-likeness (QED) is 0.833. The molecule has 0 saturated heterocycles. The van der Waals surface area contributed by atoms with Crippen LogP contribution in [0.25, 0.3) is 0 Å². The highest BCUT2D eigenvalue weighted by atomic mass is 32.1. The number of hydrogen-bond acceptors (Lipinski definition) is 2. The van der Waals surface area contributed by atoms with Crippen molar-refractivity contribution in [3.05, 3.63) is 58.9 Å². The molecule has 2 rings (SSSR count). The second-order valence-corrected chi connectivity index (χ2v) is 5.05. The normalized spacial score (nSPS) is 10.3. The summed E-state index contributed by atoms with van der Waals surface area (Å²) in [5.41, 5.74) is 9.74. The summed E-state index contributed by atoms with van der Waals surface area (Å²) in [7, 11) is 0. The summed E-state index contributed by atoms with van der Waals surface area (Å²) >= 11 is 4.95. The predicted molar refractivity (Wildman–Crippen MR) is 86.1 cm³/mol. The van der Waals surface area contributed by atoms with E-state index < -0.39 is 5.82 Å². The number of nitrogens with one attached hydrogen (secondary N) is 1. The van der Waals surface area contributed by atoms with Crippen molar-refractivity contribution in [1.29, 1.82) is 0 Å². The molecule has 0 aromatic heterocycles. The molecule has 0 fully saturated rings. The second kappa shape index (κ2) is 6.01. The molecule has 2 aromatic carbocycles. The number of benzene rings is 2. The van der Waals surface area contributed by atoms with Crippen LogP contribution in [0.1, 0.15) is 23.6 Å². The zero-order valence-corrected chi connectivity index (χ0v) is 12.4. The lowest BCUT2D eigenvalue weighted by molar-refractivity contribution is 0.626. The molecule has 0 heterocycles. The van der Waals surface area contributed by atoms with Gasteiger partial charge in [0.25, 0.3) is 0 Å². The second-order valence-electron chi connectivity index (χ2n) is 4.61. The Kier molecular flexibility index (Phi) is 4.35. The lowest BCUT2D eigenvalue weighted by Gasteiger charge is -2.16. The maximum absolute atomic E-state index is 13.9. The van der Waals surface area contributed by atoms with Gasteiger partial charge in [0.05, 0.1) is 11.3 Å². The van der Waals surface area contributed by atoms with Gasteiger partial charge in [0, 0.05) is 5.69 Å². The molecule has 0 bridgehead atoms. The Morgan fingerprint density at radius 3 is 2.60 bits per heavy atom. The van der Waals surface area contributed by atoms with Crippen LogP contribution >= 0.6 is 12.2 Å². The standard InChI is InChI=1S/C16H17FN2S/c1-3-11-7-4-6-10(2)15(11)19-13-9-5-8-12(17)14(13)16(18)20/h4-9,19H,3H2,1-2H3,(H2,18,20). The maximum Gasteiger partial charge on any atom is 0.135 e. The van der Waals surface area contributed by atoms with E-state index in [0.29, 0.717) is 5.69 Å². The predicted octanol–water partition coefficient (Wildman–Crippen LogP) is 4.07. The van der Waals surface area contributed by atoms with Crippen LogP contribution < -0.4 is 11.1 Å². The van der Waals surface area contributed by atoms with Crippen LogP contribution in [0.3, 0.4) is 0 Å². The summed E-state index contributed by atoms with van der Waals surface area (Å²) in [6, 6.07) is 10.9. The van der Waals surface area contributed by atoms with Crippen LogP contribution in [0, 0.1) is 12.7 Å². The van der Waals surface area contributed by atoms with Crippen molar-refractivity contribution in [2.45, 2.75) is 20.3 Å². The Hall–Kier alpha value is -1.94. The number of rotatable bonds is 4. The van der Waals surface area contributed by atoms with Crippen LogP contribution in [0.4, 0.5) is 15.8 Å². The highest BCUT2D eigenvalue weighted by molar-refractivity contribution is 7.80. The molecule has 2 nitrogen and oxygen atoms in total. The van der Waals surface area contributed by atoms with Crippen LogP contribution in [0.2, 0.25) is 0 Å². The van der Waals surface area contributed by atoms with Crippen LogP contribution in [0.5, 0.6) is 0 Å². The molecule has 104 valence electrons. The van der Waals surface area contributed by atoms with E-state index in [1.165, 1.54) is 11.6 Å². The first-order valence-corrected chi connectivity index (χ1v) is 6.89. The van der Waals surface area contributed by atoms with Crippen molar-refractivity contribution in [2.24, 2.45) is 5.73 Å². The molecule has 20 heavy (non-hydrogen) atoms. The Morgan fingerprint density at radius 2 is 1.95 bits per heavy atom. The zero-order valence-electron chi connectivity index (χ0n) is 11.5. The van der Waals surface area contributed by atoms with E-state index in [0.717, 1.165) is 17.7 Å². The van der Waals surface area contributed by atoms with Gasteiger partial charge in [-0.05, 0) is 36.6 Å². The van der Waals surface area contributed by atoms with Crippen LogP contribution in [-0.4, -0.2) is 4.99 Å². The minimum atomic E-state index is -0.408. The fourth-order valence-electron chi connectivity index (χ4n) is 2.22. The Bertz CT molecular complexity index is 653. The fourth-order valence-corrected chi connectivity index (χ4v) is 2.42. The molecule has 0 aliphatic rings. The van der Waals surface area contributed by atoms with E-state index in [9.17, 15) is 4.39 Å². The number of hydrogen-bond donors (Lipinski definition) is 2. The van der Waals surface area contributed by atoms with Gasteiger partial charge in [0.1, 0.15) is 10.8 Å². The van der Waals surface area contributed by atoms with Gasteiger partial charge in [0.2, 0.25) is 0 Å². The van der Waals surface area contributed by atoms with E-state index >= 15 is 0 Å². The third-order valence-electron chi connectivity index (χ3n) is 3.26. The van der Waals surface area contributed by atoms with Gasteiger partial charge >= 0.3 is 0 Å². The Balaban J connectivity index is 2.51. The summed E-state index contributed by atoms with van der Waals surface area (Å²) < 4.78 is 13.9. The van der Waals surface area contributed by atoms with Crippen molar-refractivity contribution < 1.29 is 4.39 Å². The van der Waals surface area contributed by atoms with Gasteiger partial charge < -0.3 is 11.1 Å². The average molecular weight is 288 g/mol. The first-order valence-electron chi connectivity index (χ1n) is 6.48. The van der Waals surface area contributed by atoms with E-state index in [4.69, 9.17) is 18.0 Å². The summed E-state index contributed by atoms with van der Waals surface area (Å²) in [4.78, 5) is 0.0530. The van der Waals surface area contributed by atoms with Gasteiger partial charge in [-0.25, -0.2) is 4.39 Å². The third-order valence-corrected chi connectivity index (χ3v) is 3.46. The van der Waals surface area contributed by atoms with Crippen molar-refractivity contribution in [3.63, 3.8) is 0 Å².